The van der Waals surface area contributed by atoms with Crippen LogP contribution in [-0.2, 0) is 6.42 Å². The molecule has 4 heteroatoms. The number of aliphatic hydroxyl groups is 1. The molecule has 3 aromatic rings. The zero-order valence-electron chi connectivity index (χ0n) is 18.2. The maximum Gasteiger partial charge on any atom is 0.0952 e. The van der Waals surface area contributed by atoms with Gasteiger partial charge in [0.05, 0.1) is 17.3 Å². The average molecular weight is 433 g/mol. The summed E-state index contributed by atoms with van der Waals surface area (Å²) in [5, 5.41) is 17.0. The number of halogens is 1. The van der Waals surface area contributed by atoms with E-state index in [1.807, 2.05) is 24.3 Å². The molecule has 5 rings (SSSR count). The number of allylic oxidation sites excluding steroid dienone is 1. The van der Waals surface area contributed by atoms with Crippen molar-refractivity contribution >= 4 is 34.2 Å². The van der Waals surface area contributed by atoms with Gasteiger partial charge in [-0.05, 0) is 98.2 Å². The van der Waals surface area contributed by atoms with Crippen LogP contribution in [-0.4, -0.2) is 22.7 Å². The molecular formula is C27H29ClN2O. The molecule has 3 nitrogen and oxygen atoms in total. The van der Waals surface area contributed by atoms with Gasteiger partial charge in [0.2, 0.25) is 0 Å². The predicted molar refractivity (Wildman–Crippen MR) is 129 cm³/mol. The van der Waals surface area contributed by atoms with E-state index in [0.717, 1.165) is 58.6 Å². The Hall–Kier alpha value is -2.20. The van der Waals surface area contributed by atoms with Crippen LogP contribution in [0.25, 0.3) is 22.6 Å². The van der Waals surface area contributed by atoms with Crippen LogP contribution in [0.1, 0.15) is 65.3 Å². The standard InChI is InChI=1S/C27H29ClN2O/c1-16-13-17(2)25-22(14-16)24(27(31)23-5-3-4-12-29-23)21-11-8-19(26(21)30-25)15-18-6-9-20(28)10-7-18/h6-7,9-10,13-15,23,27,29,31H,3-5,8,11-12H2,1-2H3/b19-15-/t23?,27-/m1/s1. The summed E-state index contributed by atoms with van der Waals surface area (Å²) in [5.74, 6) is 0. The molecule has 0 amide bonds. The van der Waals surface area contributed by atoms with Crippen LogP contribution in [0.3, 0.4) is 0 Å². The van der Waals surface area contributed by atoms with Gasteiger partial charge in [-0.15, -0.1) is 0 Å². The van der Waals surface area contributed by atoms with Gasteiger partial charge in [-0.1, -0.05) is 41.8 Å². The average Bonchev–Trinajstić information content (AvgIpc) is 3.16. The van der Waals surface area contributed by atoms with Crippen LogP contribution in [0.15, 0.2) is 36.4 Å². The van der Waals surface area contributed by atoms with E-state index in [0.29, 0.717) is 0 Å². The molecule has 160 valence electrons. The van der Waals surface area contributed by atoms with Crippen LogP contribution >= 0.6 is 11.6 Å². The Balaban J connectivity index is 1.69. The Morgan fingerprint density at radius 1 is 1.13 bits per heavy atom. The molecule has 2 aliphatic rings. The number of aliphatic hydroxyl groups excluding tert-OH is 1. The van der Waals surface area contributed by atoms with Crippen molar-refractivity contribution < 1.29 is 5.11 Å². The zero-order valence-corrected chi connectivity index (χ0v) is 19.0. The van der Waals surface area contributed by atoms with Crippen molar-refractivity contribution in [2.45, 2.75) is 58.1 Å². The second kappa shape index (κ2) is 8.38. The van der Waals surface area contributed by atoms with Gasteiger partial charge in [0, 0.05) is 16.5 Å². The molecular weight excluding hydrogens is 404 g/mol. The molecule has 0 spiro atoms. The van der Waals surface area contributed by atoms with Gasteiger partial charge in [0.1, 0.15) is 0 Å². The second-order valence-electron chi connectivity index (χ2n) is 9.05. The maximum absolute atomic E-state index is 11.6. The Morgan fingerprint density at radius 2 is 1.94 bits per heavy atom. The summed E-state index contributed by atoms with van der Waals surface area (Å²) in [6, 6.07) is 12.4. The summed E-state index contributed by atoms with van der Waals surface area (Å²) in [6.45, 7) is 5.23. The highest BCUT2D eigenvalue weighted by Gasteiger charge is 2.31. The van der Waals surface area contributed by atoms with Gasteiger partial charge in [-0.3, -0.25) is 0 Å². The molecule has 1 aliphatic carbocycles. The van der Waals surface area contributed by atoms with E-state index in [2.05, 4.69) is 37.4 Å². The lowest BCUT2D eigenvalue weighted by Gasteiger charge is -2.30. The molecule has 2 aromatic carbocycles. The highest BCUT2D eigenvalue weighted by atomic mass is 35.5. The third-order valence-electron chi connectivity index (χ3n) is 6.75. The molecule has 2 heterocycles. The number of benzene rings is 2. The fourth-order valence-corrected chi connectivity index (χ4v) is 5.39. The largest absolute Gasteiger partial charge is 0.387 e. The van der Waals surface area contributed by atoms with E-state index in [1.54, 1.807) is 0 Å². The van der Waals surface area contributed by atoms with E-state index in [4.69, 9.17) is 16.6 Å². The van der Waals surface area contributed by atoms with Crippen molar-refractivity contribution in [2.24, 2.45) is 0 Å². The van der Waals surface area contributed by atoms with Crippen molar-refractivity contribution in [1.29, 1.82) is 0 Å². The minimum absolute atomic E-state index is 0.105. The summed E-state index contributed by atoms with van der Waals surface area (Å²) < 4.78 is 0. The first-order valence-electron chi connectivity index (χ1n) is 11.3. The number of nitrogens with one attached hydrogen (secondary N) is 1. The fourth-order valence-electron chi connectivity index (χ4n) is 5.27. The van der Waals surface area contributed by atoms with E-state index in [9.17, 15) is 5.11 Å². The molecule has 1 fully saturated rings. The highest BCUT2D eigenvalue weighted by molar-refractivity contribution is 6.30. The van der Waals surface area contributed by atoms with Crippen LogP contribution < -0.4 is 5.32 Å². The van der Waals surface area contributed by atoms with E-state index in [-0.39, 0.29) is 6.04 Å². The van der Waals surface area contributed by atoms with E-state index < -0.39 is 6.10 Å². The molecule has 1 unspecified atom stereocenters. The van der Waals surface area contributed by atoms with Crippen molar-refractivity contribution in [3.8, 4) is 0 Å². The molecule has 31 heavy (non-hydrogen) atoms. The topological polar surface area (TPSA) is 45.2 Å². The summed E-state index contributed by atoms with van der Waals surface area (Å²) >= 11 is 6.07. The molecule has 0 radical (unpaired) electrons. The highest BCUT2D eigenvalue weighted by Crippen LogP contribution is 2.42. The zero-order chi connectivity index (χ0) is 21.5. The Kier molecular flexibility index (Phi) is 5.60. The normalized spacial score (nSPS) is 20.9. The molecule has 2 N–H and O–H groups in total. The third-order valence-corrected chi connectivity index (χ3v) is 7.01. The second-order valence-corrected chi connectivity index (χ2v) is 9.49. The van der Waals surface area contributed by atoms with Gasteiger partial charge in [0.25, 0.3) is 0 Å². The van der Waals surface area contributed by atoms with Gasteiger partial charge in [-0.2, -0.15) is 0 Å². The van der Waals surface area contributed by atoms with Crippen molar-refractivity contribution in [1.82, 2.24) is 10.3 Å². The lowest BCUT2D eigenvalue weighted by Crippen LogP contribution is -2.39. The van der Waals surface area contributed by atoms with Crippen LogP contribution in [0.2, 0.25) is 5.02 Å². The molecule has 1 aromatic heterocycles. The van der Waals surface area contributed by atoms with Gasteiger partial charge in [-0.25, -0.2) is 4.98 Å². The van der Waals surface area contributed by atoms with Crippen LogP contribution in [0.4, 0.5) is 0 Å². The van der Waals surface area contributed by atoms with E-state index >= 15 is 0 Å². The summed E-state index contributed by atoms with van der Waals surface area (Å²) in [4.78, 5) is 5.15. The Morgan fingerprint density at radius 3 is 2.68 bits per heavy atom. The van der Waals surface area contributed by atoms with Gasteiger partial charge in [0.15, 0.2) is 0 Å². The van der Waals surface area contributed by atoms with E-state index in [1.165, 1.54) is 35.1 Å². The minimum Gasteiger partial charge on any atom is -0.387 e. The first-order chi connectivity index (χ1) is 15.0. The maximum atomic E-state index is 11.6. The number of aromatic nitrogens is 1. The van der Waals surface area contributed by atoms with Crippen molar-refractivity contribution in [3.05, 3.63) is 74.9 Å². The number of pyridine rings is 1. The lowest BCUT2D eigenvalue weighted by atomic mass is 9.88. The van der Waals surface area contributed by atoms with Crippen molar-refractivity contribution in [3.63, 3.8) is 0 Å². The van der Waals surface area contributed by atoms with Gasteiger partial charge < -0.3 is 10.4 Å². The number of fused-ring (bicyclic) bond motifs is 2. The number of hydrogen-bond acceptors (Lipinski definition) is 3. The Bertz CT molecular complexity index is 1160. The summed E-state index contributed by atoms with van der Waals surface area (Å²) in [6.07, 6.45) is 6.93. The monoisotopic (exact) mass is 432 g/mol. The molecule has 0 bridgehead atoms. The van der Waals surface area contributed by atoms with Crippen LogP contribution in [0, 0.1) is 13.8 Å². The molecule has 2 atom stereocenters. The number of nitrogens with zero attached hydrogens (tertiary/aromatic N) is 1. The summed E-state index contributed by atoms with van der Waals surface area (Å²) in [5.41, 5.74) is 9.13. The predicted octanol–water partition coefficient (Wildman–Crippen LogP) is 6.17. The fraction of sp³-hybridized carbons (Fsp3) is 0.370. The first kappa shape index (κ1) is 20.7. The quantitative estimate of drug-likeness (QED) is 0.520. The minimum atomic E-state index is -0.518. The third kappa shape index (κ3) is 3.91. The number of piperidine rings is 1. The SMILES string of the molecule is Cc1cc(C)c2nc3c(c([C@H](O)C4CCCCN4)c2c1)CC/C3=C/c1ccc(Cl)cc1. The number of hydrogen-bond donors (Lipinski definition) is 2. The van der Waals surface area contributed by atoms with Crippen molar-refractivity contribution in [2.75, 3.05) is 6.54 Å². The molecule has 1 aliphatic heterocycles. The Labute approximate surface area is 189 Å². The lowest BCUT2D eigenvalue weighted by molar-refractivity contribution is 0.114. The smallest absolute Gasteiger partial charge is 0.0952 e. The number of aryl methyl sites for hydroxylation is 2. The molecule has 1 saturated heterocycles. The molecule has 0 saturated carbocycles. The first-order valence-corrected chi connectivity index (χ1v) is 11.7. The summed E-state index contributed by atoms with van der Waals surface area (Å²) in [7, 11) is 0. The number of rotatable bonds is 3. The van der Waals surface area contributed by atoms with Gasteiger partial charge >= 0.3 is 0 Å². The van der Waals surface area contributed by atoms with Crippen LogP contribution in [0.5, 0.6) is 0 Å².